The number of thioether (sulfide) groups is 1. The van der Waals surface area contributed by atoms with E-state index in [2.05, 4.69) is 39.6 Å². The molecule has 0 saturated heterocycles. The smallest absolute Gasteiger partial charge is 0.0709 e. The van der Waals surface area contributed by atoms with E-state index in [0.717, 1.165) is 28.9 Å². The summed E-state index contributed by atoms with van der Waals surface area (Å²) < 4.78 is 2.99. The Bertz CT molecular complexity index is 302. The molecule has 1 unspecified atom stereocenters. The van der Waals surface area contributed by atoms with E-state index in [-0.39, 0.29) is 6.04 Å². The Hall–Kier alpha value is -0.0400. The number of aromatic nitrogens is 2. The van der Waals surface area contributed by atoms with E-state index in [4.69, 9.17) is 5.84 Å². The van der Waals surface area contributed by atoms with Crippen molar-refractivity contribution in [3.63, 3.8) is 0 Å². The summed E-state index contributed by atoms with van der Waals surface area (Å²) in [6, 6.07) is 0.161. The Morgan fingerprint density at radius 2 is 2.47 bits per heavy atom. The van der Waals surface area contributed by atoms with Gasteiger partial charge in [0.1, 0.15) is 0 Å². The molecular weight excluding hydrogens is 276 g/mol. The van der Waals surface area contributed by atoms with Gasteiger partial charge in [-0.25, -0.2) is 0 Å². The maximum absolute atomic E-state index is 5.58. The molecule has 0 saturated carbocycles. The average molecular weight is 293 g/mol. The van der Waals surface area contributed by atoms with Gasteiger partial charge in [0.25, 0.3) is 0 Å². The van der Waals surface area contributed by atoms with Crippen LogP contribution in [0.2, 0.25) is 0 Å². The van der Waals surface area contributed by atoms with Crippen LogP contribution >= 0.6 is 27.7 Å². The minimum Gasteiger partial charge on any atom is -0.271 e. The molecule has 0 aliphatic carbocycles. The van der Waals surface area contributed by atoms with Crippen LogP contribution in [0.25, 0.3) is 0 Å². The van der Waals surface area contributed by atoms with Crippen LogP contribution in [0, 0.1) is 0 Å². The Kier molecular flexibility index (Phi) is 5.66. The van der Waals surface area contributed by atoms with Gasteiger partial charge >= 0.3 is 0 Å². The molecule has 0 amide bonds. The van der Waals surface area contributed by atoms with E-state index in [1.165, 1.54) is 0 Å². The van der Waals surface area contributed by atoms with Crippen molar-refractivity contribution in [3.05, 3.63) is 16.4 Å². The minimum absolute atomic E-state index is 0.161. The quantitative estimate of drug-likeness (QED) is 0.621. The molecule has 0 bridgehead atoms. The third-order valence-corrected chi connectivity index (χ3v) is 3.53. The summed E-state index contributed by atoms with van der Waals surface area (Å²) in [5.74, 6) is 6.66. The van der Waals surface area contributed by atoms with Crippen molar-refractivity contribution >= 4 is 27.7 Å². The van der Waals surface area contributed by atoms with Crippen LogP contribution in [0.1, 0.15) is 25.1 Å². The van der Waals surface area contributed by atoms with Gasteiger partial charge in [0.15, 0.2) is 0 Å². The van der Waals surface area contributed by atoms with Crippen molar-refractivity contribution in [2.24, 2.45) is 5.84 Å². The Balaban J connectivity index is 2.84. The second-order valence-electron chi connectivity index (χ2n) is 3.19. The van der Waals surface area contributed by atoms with Gasteiger partial charge in [-0.3, -0.25) is 16.0 Å². The molecule has 1 aromatic rings. The second-order valence-corrected chi connectivity index (χ2v) is 5.03. The molecule has 1 rings (SSSR count). The highest BCUT2D eigenvalue weighted by Gasteiger charge is 2.17. The first-order valence-electron chi connectivity index (χ1n) is 4.90. The fourth-order valence-electron chi connectivity index (χ4n) is 1.51. The first kappa shape index (κ1) is 13.0. The summed E-state index contributed by atoms with van der Waals surface area (Å²) in [7, 11) is 0. The molecule has 15 heavy (non-hydrogen) atoms. The number of hydrogen-bond donors (Lipinski definition) is 2. The molecule has 0 fully saturated rings. The highest BCUT2D eigenvalue weighted by Crippen LogP contribution is 2.25. The van der Waals surface area contributed by atoms with Crippen LogP contribution in [0.3, 0.4) is 0 Å². The van der Waals surface area contributed by atoms with Crippen molar-refractivity contribution in [1.82, 2.24) is 15.2 Å². The molecular formula is C9H17BrN4S. The van der Waals surface area contributed by atoms with Gasteiger partial charge in [0.05, 0.1) is 22.4 Å². The largest absolute Gasteiger partial charge is 0.271 e. The first-order chi connectivity index (χ1) is 7.24. The zero-order valence-corrected chi connectivity index (χ0v) is 11.4. The molecule has 0 spiro atoms. The van der Waals surface area contributed by atoms with E-state index in [1.807, 2.05) is 22.6 Å². The fraction of sp³-hybridized carbons (Fsp3) is 0.667. The lowest BCUT2D eigenvalue weighted by Crippen LogP contribution is -2.30. The minimum atomic E-state index is 0.161. The zero-order valence-electron chi connectivity index (χ0n) is 9.03. The van der Waals surface area contributed by atoms with Crippen LogP contribution < -0.4 is 11.3 Å². The van der Waals surface area contributed by atoms with E-state index < -0.39 is 0 Å². The maximum atomic E-state index is 5.58. The van der Waals surface area contributed by atoms with Crippen molar-refractivity contribution < 1.29 is 0 Å². The molecule has 1 heterocycles. The van der Waals surface area contributed by atoms with Gasteiger partial charge in [0, 0.05) is 6.54 Å². The normalized spacial score (nSPS) is 13.1. The molecule has 86 valence electrons. The molecule has 6 heteroatoms. The van der Waals surface area contributed by atoms with Gasteiger partial charge in [0.2, 0.25) is 0 Å². The molecule has 0 aliphatic rings. The Labute approximate surface area is 103 Å². The monoisotopic (exact) mass is 292 g/mol. The average Bonchev–Trinajstić information content (AvgIpc) is 2.62. The number of hydrogen-bond acceptors (Lipinski definition) is 4. The number of nitrogens with one attached hydrogen (secondary N) is 1. The predicted octanol–water partition coefficient (Wildman–Crippen LogP) is 1.92. The Morgan fingerprint density at radius 1 is 1.73 bits per heavy atom. The number of rotatable bonds is 6. The fourth-order valence-corrected chi connectivity index (χ4v) is 2.55. The maximum Gasteiger partial charge on any atom is 0.0709 e. The van der Waals surface area contributed by atoms with Crippen LogP contribution in [-0.4, -0.2) is 21.8 Å². The van der Waals surface area contributed by atoms with Crippen LogP contribution in [0.5, 0.6) is 0 Å². The lowest BCUT2D eigenvalue weighted by molar-refractivity contribution is 0.483. The highest BCUT2D eigenvalue weighted by molar-refractivity contribution is 9.10. The predicted molar refractivity (Wildman–Crippen MR) is 68.7 cm³/mol. The van der Waals surface area contributed by atoms with Gasteiger partial charge in [-0.1, -0.05) is 0 Å². The highest BCUT2D eigenvalue weighted by atomic mass is 79.9. The van der Waals surface area contributed by atoms with E-state index in [1.54, 1.807) is 0 Å². The number of nitrogens with two attached hydrogens (primary N) is 1. The standard InChI is InChI=1S/C9H17BrN4S/c1-3-14-9(7(10)6-12-14)8(13-11)4-5-15-2/h6,8,13H,3-5,11H2,1-2H3. The SMILES string of the molecule is CCn1ncc(Br)c1C(CCSC)NN. The van der Waals surface area contributed by atoms with Crippen LogP contribution in [-0.2, 0) is 6.54 Å². The van der Waals surface area contributed by atoms with Crippen molar-refractivity contribution in [3.8, 4) is 0 Å². The number of aryl methyl sites for hydroxylation is 1. The van der Waals surface area contributed by atoms with E-state index >= 15 is 0 Å². The summed E-state index contributed by atoms with van der Waals surface area (Å²) >= 11 is 5.33. The first-order valence-corrected chi connectivity index (χ1v) is 7.09. The van der Waals surface area contributed by atoms with E-state index in [0.29, 0.717) is 0 Å². The molecule has 0 aromatic carbocycles. The zero-order chi connectivity index (χ0) is 11.3. The van der Waals surface area contributed by atoms with Crippen LogP contribution in [0.4, 0.5) is 0 Å². The topological polar surface area (TPSA) is 55.9 Å². The molecule has 4 nitrogen and oxygen atoms in total. The lowest BCUT2D eigenvalue weighted by Gasteiger charge is -2.17. The van der Waals surface area contributed by atoms with Crippen molar-refractivity contribution in [2.75, 3.05) is 12.0 Å². The molecule has 1 aromatic heterocycles. The van der Waals surface area contributed by atoms with Gasteiger partial charge in [-0.15, -0.1) is 0 Å². The summed E-state index contributed by atoms with van der Waals surface area (Å²) in [5.41, 5.74) is 3.98. The summed E-state index contributed by atoms with van der Waals surface area (Å²) in [6.45, 7) is 2.93. The Morgan fingerprint density at radius 3 is 3.00 bits per heavy atom. The van der Waals surface area contributed by atoms with Crippen molar-refractivity contribution in [2.45, 2.75) is 25.9 Å². The summed E-state index contributed by atoms with van der Waals surface area (Å²) in [5, 5.41) is 4.28. The number of halogens is 1. The molecule has 0 radical (unpaired) electrons. The van der Waals surface area contributed by atoms with Crippen LogP contribution in [0.15, 0.2) is 10.7 Å². The number of nitrogens with zero attached hydrogens (tertiary/aromatic N) is 2. The van der Waals surface area contributed by atoms with Gasteiger partial charge in [-0.05, 0) is 41.3 Å². The second kappa shape index (κ2) is 6.52. The van der Waals surface area contributed by atoms with Gasteiger partial charge < -0.3 is 0 Å². The number of hydrazine groups is 1. The third-order valence-electron chi connectivity index (χ3n) is 2.27. The van der Waals surface area contributed by atoms with Crippen molar-refractivity contribution in [1.29, 1.82) is 0 Å². The summed E-state index contributed by atoms with van der Waals surface area (Å²) in [4.78, 5) is 0. The summed E-state index contributed by atoms with van der Waals surface area (Å²) in [6.07, 6.45) is 4.92. The van der Waals surface area contributed by atoms with E-state index in [9.17, 15) is 0 Å². The molecule has 3 N–H and O–H groups in total. The lowest BCUT2D eigenvalue weighted by atomic mass is 10.1. The molecule has 0 aliphatic heterocycles. The molecule has 1 atom stereocenters. The third kappa shape index (κ3) is 3.21. The van der Waals surface area contributed by atoms with Gasteiger partial charge in [-0.2, -0.15) is 16.9 Å².